The number of nitrogens with one attached hydrogen (secondary N) is 1. The molecular weight excluding hydrogens is 275 g/mol. The lowest BCUT2D eigenvalue weighted by Gasteiger charge is -2.10. The number of nitrogens with zero attached hydrogens (tertiary/aromatic N) is 1. The van der Waals surface area contributed by atoms with Crippen LogP contribution in [0.2, 0.25) is 5.02 Å². The van der Waals surface area contributed by atoms with Gasteiger partial charge in [0.25, 0.3) is 5.56 Å². The maximum atomic E-state index is 13.4. The second kappa shape index (κ2) is 4.89. The molecule has 0 atom stereocenters. The monoisotopic (exact) mass is 284 g/mol. The first-order valence-corrected chi connectivity index (χ1v) is 5.86. The number of halogens is 2. The van der Waals surface area contributed by atoms with Crippen LogP contribution in [0.4, 0.5) is 4.39 Å². The zero-order valence-corrected chi connectivity index (χ0v) is 10.7. The molecule has 1 aromatic carbocycles. The molecule has 2 N–H and O–H groups in total. The predicted octanol–water partition coefficient (Wildman–Crippen LogP) is 1.59. The van der Waals surface area contributed by atoms with Crippen molar-refractivity contribution in [3.63, 3.8) is 0 Å². The number of hydrogen-bond donors (Lipinski definition) is 2. The molecule has 0 saturated carbocycles. The summed E-state index contributed by atoms with van der Waals surface area (Å²) >= 11 is 5.55. The number of hydrogen-bond acceptors (Lipinski definition) is 3. The van der Waals surface area contributed by atoms with Gasteiger partial charge in [-0.15, -0.1) is 0 Å². The topological polar surface area (TPSA) is 75.1 Å². The third kappa shape index (κ3) is 2.26. The number of aromatic hydroxyl groups is 1. The molecule has 0 radical (unpaired) electrons. The Morgan fingerprint density at radius 2 is 2.11 bits per heavy atom. The van der Waals surface area contributed by atoms with Crippen molar-refractivity contribution in [3.8, 4) is 11.6 Å². The van der Waals surface area contributed by atoms with Gasteiger partial charge in [-0.25, -0.2) is 13.8 Å². The van der Waals surface area contributed by atoms with E-state index in [-0.39, 0.29) is 22.7 Å². The van der Waals surface area contributed by atoms with Crippen molar-refractivity contribution >= 4 is 11.6 Å². The molecule has 0 saturated heterocycles. The van der Waals surface area contributed by atoms with Gasteiger partial charge in [0.05, 0.1) is 16.3 Å². The van der Waals surface area contributed by atoms with Gasteiger partial charge in [0, 0.05) is 0 Å². The van der Waals surface area contributed by atoms with Gasteiger partial charge in [0.15, 0.2) is 0 Å². The minimum atomic E-state index is -0.846. The van der Waals surface area contributed by atoms with Crippen LogP contribution < -0.4 is 11.2 Å². The number of aromatic nitrogens is 2. The number of H-pyrrole nitrogens is 1. The Labute approximate surface area is 111 Å². The molecule has 1 heterocycles. The normalized spacial score (nSPS) is 10.7. The lowest BCUT2D eigenvalue weighted by molar-refractivity contribution is 0.423. The van der Waals surface area contributed by atoms with Crippen LogP contribution in [0, 0.1) is 5.82 Å². The maximum Gasteiger partial charge on any atom is 0.335 e. The molecule has 1 aromatic heterocycles. The molecule has 0 aliphatic heterocycles. The van der Waals surface area contributed by atoms with Crippen LogP contribution in [-0.2, 0) is 6.42 Å². The minimum Gasteiger partial charge on any atom is -0.494 e. The molecule has 0 bridgehead atoms. The molecule has 0 fully saturated rings. The molecule has 0 unspecified atom stereocenters. The standard InChI is InChI=1S/C12H10ClFN2O3/c1-2-7-10(17)15-12(19)16(11(7)18)6-3-4-8(13)9(14)5-6/h3-5,18H,2H2,1H3,(H,15,17,19). The van der Waals surface area contributed by atoms with Crippen molar-refractivity contribution in [2.45, 2.75) is 13.3 Å². The summed E-state index contributed by atoms with van der Waals surface area (Å²) in [7, 11) is 0. The summed E-state index contributed by atoms with van der Waals surface area (Å²) in [5, 5.41) is 9.85. The summed E-state index contributed by atoms with van der Waals surface area (Å²) in [6.45, 7) is 1.65. The van der Waals surface area contributed by atoms with E-state index >= 15 is 0 Å². The Bertz CT molecular complexity index is 752. The van der Waals surface area contributed by atoms with Crippen LogP contribution in [-0.4, -0.2) is 14.7 Å². The van der Waals surface area contributed by atoms with Gasteiger partial charge < -0.3 is 5.11 Å². The van der Waals surface area contributed by atoms with Gasteiger partial charge in [-0.1, -0.05) is 18.5 Å². The second-order valence-electron chi connectivity index (χ2n) is 3.85. The van der Waals surface area contributed by atoms with Crippen molar-refractivity contribution in [1.29, 1.82) is 0 Å². The second-order valence-corrected chi connectivity index (χ2v) is 4.26. The lowest BCUT2D eigenvalue weighted by atomic mass is 10.2. The van der Waals surface area contributed by atoms with Gasteiger partial charge in [-0.3, -0.25) is 9.78 Å². The molecular formula is C12H10ClFN2O3. The van der Waals surface area contributed by atoms with Crippen molar-refractivity contribution in [3.05, 3.63) is 55.4 Å². The van der Waals surface area contributed by atoms with Crippen molar-refractivity contribution in [2.24, 2.45) is 0 Å². The third-order valence-corrected chi connectivity index (χ3v) is 3.00. The Balaban J connectivity index is 2.78. The molecule has 0 spiro atoms. The van der Waals surface area contributed by atoms with E-state index in [0.717, 1.165) is 10.6 Å². The fraction of sp³-hybridized carbons (Fsp3) is 0.167. The largest absolute Gasteiger partial charge is 0.494 e. The summed E-state index contributed by atoms with van der Waals surface area (Å²) in [5.41, 5.74) is -1.37. The quantitative estimate of drug-likeness (QED) is 0.879. The van der Waals surface area contributed by atoms with E-state index in [0.29, 0.717) is 0 Å². The van der Waals surface area contributed by atoms with E-state index in [1.165, 1.54) is 12.1 Å². The molecule has 2 aromatic rings. The molecule has 0 aliphatic rings. The highest BCUT2D eigenvalue weighted by Crippen LogP contribution is 2.21. The van der Waals surface area contributed by atoms with Gasteiger partial charge in [-0.2, -0.15) is 0 Å². The third-order valence-electron chi connectivity index (χ3n) is 2.69. The Kier molecular flexibility index (Phi) is 3.44. The Morgan fingerprint density at radius 1 is 1.42 bits per heavy atom. The summed E-state index contributed by atoms with van der Waals surface area (Å²) < 4.78 is 14.2. The average Bonchev–Trinajstić information content (AvgIpc) is 2.33. The fourth-order valence-electron chi connectivity index (χ4n) is 1.74. The predicted molar refractivity (Wildman–Crippen MR) is 68.7 cm³/mol. The van der Waals surface area contributed by atoms with E-state index in [9.17, 15) is 19.1 Å². The van der Waals surface area contributed by atoms with E-state index in [1.54, 1.807) is 6.92 Å². The maximum absolute atomic E-state index is 13.4. The number of benzene rings is 1. The fourth-order valence-corrected chi connectivity index (χ4v) is 1.86. The van der Waals surface area contributed by atoms with Crippen LogP contribution >= 0.6 is 11.6 Å². The van der Waals surface area contributed by atoms with E-state index < -0.39 is 22.9 Å². The minimum absolute atomic E-state index is 0.0509. The number of rotatable bonds is 2. The van der Waals surface area contributed by atoms with E-state index in [2.05, 4.69) is 4.98 Å². The molecule has 5 nitrogen and oxygen atoms in total. The van der Waals surface area contributed by atoms with Crippen LogP contribution in [0.5, 0.6) is 5.88 Å². The highest BCUT2D eigenvalue weighted by Gasteiger charge is 2.14. The molecule has 0 aliphatic carbocycles. The molecule has 0 amide bonds. The highest BCUT2D eigenvalue weighted by atomic mass is 35.5. The first-order valence-electron chi connectivity index (χ1n) is 5.48. The van der Waals surface area contributed by atoms with Crippen LogP contribution in [0.1, 0.15) is 12.5 Å². The van der Waals surface area contributed by atoms with Gasteiger partial charge in [0.2, 0.25) is 5.88 Å². The number of aromatic amines is 1. The zero-order chi connectivity index (χ0) is 14.2. The zero-order valence-electron chi connectivity index (χ0n) is 9.91. The van der Waals surface area contributed by atoms with Gasteiger partial charge in [0.1, 0.15) is 5.82 Å². The summed E-state index contributed by atoms with van der Waals surface area (Å²) in [5.74, 6) is -1.23. The first kappa shape index (κ1) is 13.4. The molecule has 7 heteroatoms. The SMILES string of the molecule is CCc1c(O)n(-c2ccc(Cl)c(F)c2)c(=O)[nH]c1=O. The van der Waals surface area contributed by atoms with Gasteiger partial charge in [-0.05, 0) is 24.6 Å². The lowest BCUT2D eigenvalue weighted by Crippen LogP contribution is -2.31. The summed E-state index contributed by atoms with van der Waals surface area (Å²) in [6.07, 6.45) is 0.234. The van der Waals surface area contributed by atoms with E-state index in [4.69, 9.17) is 11.6 Å². The highest BCUT2D eigenvalue weighted by molar-refractivity contribution is 6.30. The average molecular weight is 285 g/mol. The Morgan fingerprint density at radius 3 is 2.68 bits per heavy atom. The smallest absolute Gasteiger partial charge is 0.335 e. The van der Waals surface area contributed by atoms with Crippen molar-refractivity contribution in [1.82, 2.24) is 9.55 Å². The van der Waals surface area contributed by atoms with Crippen molar-refractivity contribution < 1.29 is 9.50 Å². The summed E-state index contributed by atoms with van der Waals surface area (Å²) in [4.78, 5) is 25.3. The Hall–Kier alpha value is -2.08. The van der Waals surface area contributed by atoms with Gasteiger partial charge >= 0.3 is 5.69 Å². The molecule has 100 valence electrons. The molecule has 19 heavy (non-hydrogen) atoms. The van der Waals surface area contributed by atoms with Crippen LogP contribution in [0.25, 0.3) is 5.69 Å². The van der Waals surface area contributed by atoms with E-state index in [1.807, 2.05) is 0 Å². The molecule has 2 rings (SSSR count). The van der Waals surface area contributed by atoms with Crippen LogP contribution in [0.15, 0.2) is 27.8 Å². The van der Waals surface area contributed by atoms with Crippen molar-refractivity contribution in [2.75, 3.05) is 0 Å². The first-order chi connectivity index (χ1) is 8.95. The summed E-state index contributed by atoms with van der Waals surface area (Å²) in [6, 6.07) is 3.63. The van der Waals surface area contributed by atoms with Crippen LogP contribution in [0.3, 0.4) is 0 Å².